The number of nitrogens with one attached hydrogen (secondary N) is 2. The van der Waals surface area contributed by atoms with Gasteiger partial charge in [-0.15, -0.1) is 11.8 Å². The van der Waals surface area contributed by atoms with Crippen molar-refractivity contribution in [2.75, 3.05) is 18.8 Å². The summed E-state index contributed by atoms with van der Waals surface area (Å²) in [6, 6.07) is 8.29. The van der Waals surface area contributed by atoms with Gasteiger partial charge in [0.1, 0.15) is 0 Å². The van der Waals surface area contributed by atoms with Crippen molar-refractivity contribution in [3.05, 3.63) is 29.8 Å². The third-order valence-electron chi connectivity index (χ3n) is 3.74. The van der Waals surface area contributed by atoms with Crippen molar-refractivity contribution >= 4 is 17.8 Å². The Bertz CT molecular complexity index is 450. The molecule has 2 unspecified atom stereocenters. The Hall–Kier alpha value is -1.20. The van der Waals surface area contributed by atoms with Crippen LogP contribution in [0.3, 0.4) is 0 Å². The fraction of sp³-hybridized carbons (Fsp3) is 0.562. The quantitative estimate of drug-likeness (QED) is 0.559. The van der Waals surface area contributed by atoms with E-state index >= 15 is 0 Å². The van der Waals surface area contributed by atoms with Crippen LogP contribution in [0.15, 0.2) is 29.2 Å². The molecular formula is C16H24N2O2S. The van der Waals surface area contributed by atoms with Crippen LogP contribution in [0.25, 0.3) is 0 Å². The van der Waals surface area contributed by atoms with Gasteiger partial charge in [-0.3, -0.25) is 0 Å². The molecule has 21 heavy (non-hydrogen) atoms. The molecule has 1 saturated carbocycles. The molecule has 0 heterocycles. The van der Waals surface area contributed by atoms with Crippen molar-refractivity contribution in [3.63, 3.8) is 0 Å². The summed E-state index contributed by atoms with van der Waals surface area (Å²) in [7, 11) is 0. The molecule has 4 nitrogen and oxygen atoms in total. The highest BCUT2D eigenvalue weighted by atomic mass is 32.2. The second-order valence-corrected chi connectivity index (χ2v) is 6.80. The number of aryl methyl sites for hydroxylation is 1. The first-order valence-electron chi connectivity index (χ1n) is 7.52. The zero-order valence-electron chi connectivity index (χ0n) is 12.5. The van der Waals surface area contributed by atoms with Gasteiger partial charge in [0.25, 0.3) is 0 Å². The van der Waals surface area contributed by atoms with E-state index in [9.17, 15) is 9.90 Å². The Morgan fingerprint density at radius 1 is 1.29 bits per heavy atom. The Kier molecular flexibility index (Phi) is 6.39. The lowest BCUT2D eigenvalue weighted by atomic mass is 10.1. The molecular weight excluding hydrogens is 284 g/mol. The summed E-state index contributed by atoms with van der Waals surface area (Å²) in [4.78, 5) is 12.9. The molecule has 1 aromatic carbocycles. The number of amides is 2. The molecule has 0 aromatic heterocycles. The second kappa shape index (κ2) is 8.29. The molecule has 0 bridgehead atoms. The number of rotatable bonds is 6. The molecule has 0 radical (unpaired) electrons. The number of aliphatic hydroxyl groups is 1. The minimum Gasteiger partial charge on any atom is -0.393 e. The van der Waals surface area contributed by atoms with E-state index in [1.165, 1.54) is 10.5 Å². The molecule has 1 fully saturated rings. The van der Waals surface area contributed by atoms with E-state index in [1.54, 1.807) is 11.8 Å². The van der Waals surface area contributed by atoms with Gasteiger partial charge in [-0.25, -0.2) is 4.79 Å². The highest BCUT2D eigenvalue weighted by Gasteiger charge is 2.22. The molecule has 3 N–H and O–H groups in total. The number of hydrogen-bond acceptors (Lipinski definition) is 3. The van der Waals surface area contributed by atoms with Crippen LogP contribution in [-0.2, 0) is 0 Å². The largest absolute Gasteiger partial charge is 0.393 e. The zero-order chi connectivity index (χ0) is 15.1. The molecule has 0 spiro atoms. The lowest BCUT2D eigenvalue weighted by Gasteiger charge is -2.11. The van der Waals surface area contributed by atoms with Crippen LogP contribution in [0.2, 0.25) is 0 Å². The fourth-order valence-electron chi connectivity index (χ4n) is 2.50. The number of thioether (sulfide) groups is 1. The highest BCUT2D eigenvalue weighted by Crippen LogP contribution is 2.24. The Balaban J connectivity index is 1.54. The van der Waals surface area contributed by atoms with Crippen LogP contribution in [0.5, 0.6) is 0 Å². The second-order valence-electron chi connectivity index (χ2n) is 5.63. The molecule has 0 aliphatic heterocycles. The number of benzene rings is 1. The SMILES string of the molecule is Cc1ccc(SCCNC(=O)NCC2CCC(O)C2)cc1. The van der Waals surface area contributed by atoms with Crippen molar-refractivity contribution in [1.29, 1.82) is 0 Å². The summed E-state index contributed by atoms with van der Waals surface area (Å²) in [6.45, 7) is 3.38. The molecule has 1 aromatic rings. The molecule has 1 aliphatic carbocycles. The van der Waals surface area contributed by atoms with Gasteiger partial charge in [0.05, 0.1) is 6.10 Å². The van der Waals surface area contributed by atoms with E-state index in [0.29, 0.717) is 19.0 Å². The van der Waals surface area contributed by atoms with Crippen molar-refractivity contribution < 1.29 is 9.90 Å². The van der Waals surface area contributed by atoms with Crippen LogP contribution >= 0.6 is 11.8 Å². The summed E-state index contributed by atoms with van der Waals surface area (Å²) in [5.74, 6) is 1.28. The molecule has 2 rings (SSSR count). The summed E-state index contributed by atoms with van der Waals surface area (Å²) in [5, 5.41) is 15.2. The molecule has 1 aliphatic rings. The smallest absolute Gasteiger partial charge is 0.314 e. The molecule has 2 atom stereocenters. The van der Waals surface area contributed by atoms with Crippen LogP contribution in [-0.4, -0.2) is 36.1 Å². The van der Waals surface area contributed by atoms with Crippen LogP contribution in [0.1, 0.15) is 24.8 Å². The van der Waals surface area contributed by atoms with Crippen LogP contribution in [0, 0.1) is 12.8 Å². The third kappa shape index (κ3) is 5.98. The number of carbonyl (C=O) groups is 1. The van der Waals surface area contributed by atoms with Gasteiger partial charge >= 0.3 is 6.03 Å². The maximum Gasteiger partial charge on any atom is 0.314 e. The summed E-state index contributed by atoms with van der Waals surface area (Å²) in [6.07, 6.45) is 2.50. The van der Waals surface area contributed by atoms with E-state index in [1.807, 2.05) is 0 Å². The number of urea groups is 1. The number of aliphatic hydroxyl groups excluding tert-OH is 1. The van der Waals surface area contributed by atoms with Gasteiger partial charge in [-0.2, -0.15) is 0 Å². The first-order chi connectivity index (χ1) is 10.1. The monoisotopic (exact) mass is 308 g/mol. The number of carbonyl (C=O) groups excluding carboxylic acids is 1. The topological polar surface area (TPSA) is 61.4 Å². The standard InChI is InChI=1S/C16H24N2O2S/c1-12-2-6-15(7-3-12)21-9-8-17-16(20)18-11-13-4-5-14(19)10-13/h2-3,6-7,13-14,19H,4-5,8-11H2,1H3,(H2,17,18,20). The summed E-state index contributed by atoms with van der Waals surface area (Å²) in [5.41, 5.74) is 1.26. The average molecular weight is 308 g/mol. The Morgan fingerprint density at radius 2 is 2.05 bits per heavy atom. The maximum absolute atomic E-state index is 11.6. The van der Waals surface area contributed by atoms with Gasteiger partial charge in [0.2, 0.25) is 0 Å². The normalized spacial score (nSPS) is 21.2. The van der Waals surface area contributed by atoms with E-state index in [2.05, 4.69) is 41.8 Å². The van der Waals surface area contributed by atoms with E-state index in [-0.39, 0.29) is 12.1 Å². The van der Waals surface area contributed by atoms with E-state index < -0.39 is 0 Å². The van der Waals surface area contributed by atoms with Crippen LogP contribution in [0.4, 0.5) is 4.79 Å². The predicted molar refractivity (Wildman–Crippen MR) is 86.7 cm³/mol. The molecule has 2 amide bonds. The van der Waals surface area contributed by atoms with Gasteiger partial charge in [0.15, 0.2) is 0 Å². The van der Waals surface area contributed by atoms with Crippen LogP contribution < -0.4 is 10.6 Å². The molecule has 5 heteroatoms. The third-order valence-corrected chi connectivity index (χ3v) is 4.76. The first-order valence-corrected chi connectivity index (χ1v) is 8.51. The summed E-state index contributed by atoms with van der Waals surface area (Å²) >= 11 is 1.74. The Labute approximate surface area is 130 Å². The van der Waals surface area contributed by atoms with Gasteiger partial charge < -0.3 is 15.7 Å². The average Bonchev–Trinajstić information content (AvgIpc) is 2.89. The predicted octanol–water partition coefficient (Wildman–Crippen LogP) is 2.55. The van der Waals surface area contributed by atoms with Gasteiger partial charge in [0, 0.05) is 23.7 Å². The van der Waals surface area contributed by atoms with Crippen molar-refractivity contribution in [3.8, 4) is 0 Å². The Morgan fingerprint density at radius 3 is 2.71 bits per heavy atom. The minimum atomic E-state index is -0.175. The van der Waals surface area contributed by atoms with Crippen molar-refractivity contribution in [2.24, 2.45) is 5.92 Å². The maximum atomic E-state index is 11.6. The van der Waals surface area contributed by atoms with E-state index in [0.717, 1.165) is 25.0 Å². The van der Waals surface area contributed by atoms with E-state index in [4.69, 9.17) is 0 Å². The minimum absolute atomic E-state index is 0.110. The lowest BCUT2D eigenvalue weighted by molar-refractivity contribution is 0.177. The van der Waals surface area contributed by atoms with Crippen molar-refractivity contribution in [2.45, 2.75) is 37.2 Å². The molecule has 0 saturated heterocycles. The lowest BCUT2D eigenvalue weighted by Crippen LogP contribution is -2.38. The van der Waals surface area contributed by atoms with Crippen molar-refractivity contribution in [1.82, 2.24) is 10.6 Å². The highest BCUT2D eigenvalue weighted by molar-refractivity contribution is 7.99. The number of hydrogen-bond donors (Lipinski definition) is 3. The zero-order valence-corrected chi connectivity index (χ0v) is 13.3. The molecule has 116 valence electrons. The summed E-state index contributed by atoms with van der Waals surface area (Å²) < 4.78 is 0. The van der Waals surface area contributed by atoms with Gasteiger partial charge in [-0.05, 0) is 44.2 Å². The first kappa shape index (κ1) is 16.2. The fourth-order valence-corrected chi connectivity index (χ4v) is 3.27. The van der Waals surface area contributed by atoms with Gasteiger partial charge in [-0.1, -0.05) is 17.7 Å².